The van der Waals surface area contributed by atoms with Gasteiger partial charge < -0.3 is 9.47 Å². The molecule has 0 amide bonds. The Morgan fingerprint density at radius 2 is 2.21 bits per heavy atom. The van der Waals surface area contributed by atoms with Crippen molar-refractivity contribution in [2.24, 2.45) is 5.10 Å². The van der Waals surface area contributed by atoms with Crippen LogP contribution in [0.5, 0.6) is 11.5 Å². The van der Waals surface area contributed by atoms with Gasteiger partial charge in [-0.25, -0.2) is 4.98 Å². The second-order valence-electron chi connectivity index (χ2n) is 3.45. The van der Waals surface area contributed by atoms with E-state index in [4.69, 9.17) is 21.1 Å². The van der Waals surface area contributed by atoms with E-state index in [9.17, 15) is 0 Å². The number of methoxy groups -OCH3 is 2. The van der Waals surface area contributed by atoms with Gasteiger partial charge in [-0.05, 0) is 17.7 Å². The third-order valence-corrected chi connectivity index (χ3v) is 3.22. The predicted molar refractivity (Wildman–Crippen MR) is 77.9 cm³/mol. The van der Waals surface area contributed by atoms with Crippen LogP contribution in [0.15, 0.2) is 28.8 Å². The zero-order valence-electron chi connectivity index (χ0n) is 10.4. The first kappa shape index (κ1) is 13.6. The maximum atomic E-state index is 6.09. The third-order valence-electron chi connectivity index (χ3n) is 2.26. The lowest BCUT2D eigenvalue weighted by atomic mass is 10.2. The van der Waals surface area contributed by atoms with Crippen LogP contribution in [0.2, 0.25) is 5.02 Å². The zero-order chi connectivity index (χ0) is 13.7. The van der Waals surface area contributed by atoms with Crippen LogP contribution in [0, 0.1) is 0 Å². The van der Waals surface area contributed by atoms with Gasteiger partial charge in [-0.15, -0.1) is 11.3 Å². The van der Waals surface area contributed by atoms with Gasteiger partial charge >= 0.3 is 0 Å². The summed E-state index contributed by atoms with van der Waals surface area (Å²) in [5, 5.41) is 7.13. The van der Waals surface area contributed by atoms with Crippen LogP contribution in [0.1, 0.15) is 5.56 Å². The molecule has 0 fully saturated rings. The van der Waals surface area contributed by atoms with Crippen molar-refractivity contribution in [3.8, 4) is 11.5 Å². The molecule has 2 aromatic rings. The molecule has 1 aromatic heterocycles. The van der Waals surface area contributed by atoms with E-state index >= 15 is 0 Å². The number of rotatable bonds is 5. The number of hydrogen-bond acceptors (Lipinski definition) is 6. The summed E-state index contributed by atoms with van der Waals surface area (Å²) in [5.74, 6) is 1.07. The van der Waals surface area contributed by atoms with Crippen LogP contribution in [-0.4, -0.2) is 25.4 Å². The first-order chi connectivity index (χ1) is 9.24. The number of ether oxygens (including phenoxy) is 2. The Hall–Kier alpha value is -1.79. The molecule has 0 saturated carbocycles. The summed E-state index contributed by atoms with van der Waals surface area (Å²) in [7, 11) is 3.10. The largest absolute Gasteiger partial charge is 0.493 e. The Kier molecular flexibility index (Phi) is 4.59. The predicted octanol–water partition coefficient (Wildman–Crippen LogP) is 3.26. The van der Waals surface area contributed by atoms with Crippen molar-refractivity contribution in [1.82, 2.24) is 4.98 Å². The van der Waals surface area contributed by atoms with E-state index in [0.29, 0.717) is 16.5 Å². The number of hydrogen-bond donors (Lipinski definition) is 1. The van der Waals surface area contributed by atoms with Crippen LogP contribution in [-0.2, 0) is 0 Å². The number of aromatic nitrogens is 1. The maximum Gasteiger partial charge on any atom is 0.203 e. The van der Waals surface area contributed by atoms with Crippen LogP contribution in [0.4, 0.5) is 5.13 Å². The SMILES string of the molecule is COc1cc(/C=N\Nc2nccs2)cc(Cl)c1OC. The van der Waals surface area contributed by atoms with Crippen molar-refractivity contribution in [1.29, 1.82) is 0 Å². The highest BCUT2D eigenvalue weighted by molar-refractivity contribution is 7.13. The van der Waals surface area contributed by atoms with E-state index in [2.05, 4.69) is 15.5 Å². The van der Waals surface area contributed by atoms with Crippen molar-refractivity contribution < 1.29 is 9.47 Å². The van der Waals surface area contributed by atoms with Gasteiger partial charge in [0.2, 0.25) is 5.13 Å². The van der Waals surface area contributed by atoms with E-state index in [1.54, 1.807) is 38.8 Å². The van der Waals surface area contributed by atoms with Crippen molar-refractivity contribution in [2.45, 2.75) is 0 Å². The molecule has 0 atom stereocenters. The fourth-order valence-corrected chi connectivity index (χ4v) is 2.23. The first-order valence-electron chi connectivity index (χ1n) is 5.34. The van der Waals surface area contributed by atoms with Crippen molar-refractivity contribution >= 4 is 34.3 Å². The van der Waals surface area contributed by atoms with Gasteiger partial charge in [0.1, 0.15) is 0 Å². The highest BCUT2D eigenvalue weighted by Crippen LogP contribution is 2.35. The van der Waals surface area contributed by atoms with E-state index in [1.165, 1.54) is 11.3 Å². The lowest BCUT2D eigenvalue weighted by molar-refractivity contribution is 0.355. The fourth-order valence-electron chi connectivity index (χ4n) is 1.45. The zero-order valence-corrected chi connectivity index (χ0v) is 12.0. The average Bonchev–Trinajstić information content (AvgIpc) is 2.91. The van der Waals surface area contributed by atoms with Crippen LogP contribution < -0.4 is 14.9 Å². The second kappa shape index (κ2) is 6.40. The second-order valence-corrected chi connectivity index (χ2v) is 4.75. The minimum Gasteiger partial charge on any atom is -0.493 e. The van der Waals surface area contributed by atoms with Gasteiger partial charge in [-0.2, -0.15) is 5.10 Å². The molecule has 5 nitrogen and oxygen atoms in total. The Balaban J connectivity index is 2.16. The first-order valence-corrected chi connectivity index (χ1v) is 6.60. The molecule has 0 aliphatic carbocycles. The number of hydrazone groups is 1. The van der Waals surface area contributed by atoms with Crippen LogP contribution in [0.25, 0.3) is 0 Å². The molecule has 0 unspecified atom stereocenters. The molecule has 19 heavy (non-hydrogen) atoms. The summed E-state index contributed by atoms with van der Waals surface area (Å²) in [5.41, 5.74) is 3.62. The fraction of sp³-hybridized carbons (Fsp3) is 0.167. The molecule has 1 N–H and O–H groups in total. The van der Waals surface area contributed by atoms with E-state index in [1.807, 2.05) is 5.38 Å². The molecule has 0 spiro atoms. The number of thiazole rings is 1. The van der Waals surface area contributed by atoms with Gasteiger partial charge in [0, 0.05) is 11.6 Å². The molecule has 0 saturated heterocycles. The molecule has 100 valence electrons. The number of nitrogens with one attached hydrogen (secondary N) is 1. The third kappa shape index (κ3) is 3.36. The van der Waals surface area contributed by atoms with Gasteiger partial charge in [-0.1, -0.05) is 11.6 Å². The monoisotopic (exact) mass is 297 g/mol. The average molecular weight is 298 g/mol. The molecule has 0 aliphatic heterocycles. The molecule has 0 aliphatic rings. The number of benzene rings is 1. The van der Waals surface area contributed by atoms with Crippen molar-refractivity contribution in [3.63, 3.8) is 0 Å². The number of nitrogens with zero attached hydrogens (tertiary/aromatic N) is 2. The standard InChI is InChI=1S/C12H12ClN3O2S/c1-17-10-6-8(5-9(13)11(10)18-2)7-15-16-12-14-3-4-19-12/h3-7H,1-2H3,(H,14,16)/b15-7-. The van der Waals surface area contributed by atoms with Gasteiger partial charge in [0.15, 0.2) is 11.5 Å². The van der Waals surface area contributed by atoms with Gasteiger partial charge in [0.05, 0.1) is 25.5 Å². The normalized spacial score (nSPS) is 10.7. The van der Waals surface area contributed by atoms with E-state index in [-0.39, 0.29) is 0 Å². The molecular weight excluding hydrogens is 286 g/mol. The highest BCUT2D eigenvalue weighted by Gasteiger charge is 2.09. The minimum atomic E-state index is 0.470. The number of halogens is 1. The Labute approximate surface area is 119 Å². The molecule has 0 bridgehead atoms. The molecule has 2 rings (SSSR count). The Morgan fingerprint density at radius 1 is 1.37 bits per heavy atom. The van der Waals surface area contributed by atoms with Crippen LogP contribution in [0.3, 0.4) is 0 Å². The molecule has 0 radical (unpaired) electrons. The lowest BCUT2D eigenvalue weighted by Gasteiger charge is -2.09. The summed E-state index contributed by atoms with van der Waals surface area (Å²) in [6, 6.07) is 3.54. The molecule has 7 heteroatoms. The summed E-state index contributed by atoms with van der Waals surface area (Å²) in [4.78, 5) is 4.05. The van der Waals surface area contributed by atoms with Crippen molar-refractivity contribution in [3.05, 3.63) is 34.3 Å². The summed E-state index contributed by atoms with van der Waals surface area (Å²) in [6.07, 6.45) is 3.34. The van der Waals surface area contributed by atoms with Crippen LogP contribution >= 0.6 is 22.9 Å². The van der Waals surface area contributed by atoms with Gasteiger partial charge in [0.25, 0.3) is 0 Å². The summed E-state index contributed by atoms with van der Waals surface area (Å²) in [6.45, 7) is 0. The van der Waals surface area contributed by atoms with E-state index in [0.717, 1.165) is 10.7 Å². The topological polar surface area (TPSA) is 55.7 Å². The molecular formula is C12H12ClN3O2S. The quantitative estimate of drug-likeness (QED) is 0.680. The van der Waals surface area contributed by atoms with Gasteiger partial charge in [-0.3, -0.25) is 5.43 Å². The Morgan fingerprint density at radius 3 is 2.84 bits per heavy atom. The summed E-state index contributed by atoms with van der Waals surface area (Å²) < 4.78 is 10.4. The summed E-state index contributed by atoms with van der Waals surface area (Å²) >= 11 is 7.56. The minimum absolute atomic E-state index is 0.470. The lowest BCUT2D eigenvalue weighted by Crippen LogP contribution is -1.95. The highest BCUT2D eigenvalue weighted by atomic mass is 35.5. The number of anilines is 1. The molecule has 1 aromatic carbocycles. The van der Waals surface area contributed by atoms with E-state index < -0.39 is 0 Å². The van der Waals surface area contributed by atoms with Crippen molar-refractivity contribution in [2.75, 3.05) is 19.6 Å². The Bertz CT molecular complexity index is 573. The molecule has 1 heterocycles. The smallest absolute Gasteiger partial charge is 0.203 e. The maximum absolute atomic E-state index is 6.09.